The van der Waals surface area contributed by atoms with Crippen molar-refractivity contribution in [1.82, 2.24) is 0 Å². The summed E-state index contributed by atoms with van der Waals surface area (Å²) in [5.41, 5.74) is 0.994. The van der Waals surface area contributed by atoms with Gasteiger partial charge in [-0.15, -0.1) is 0 Å². The van der Waals surface area contributed by atoms with Crippen molar-refractivity contribution in [1.29, 1.82) is 0 Å². The average molecular weight is 202 g/mol. The predicted molar refractivity (Wildman–Crippen MR) is 51.7 cm³/mol. The first-order chi connectivity index (χ1) is 6.15. The first kappa shape index (κ1) is 10.3. The van der Waals surface area contributed by atoms with Crippen LogP contribution in [0.5, 0.6) is 5.75 Å². The lowest BCUT2D eigenvalue weighted by atomic mass is 10.0. The maximum absolute atomic E-state index is 9.17. The van der Waals surface area contributed by atoms with E-state index < -0.39 is 0 Å². The van der Waals surface area contributed by atoms with Gasteiger partial charge >= 0.3 is 0 Å². The second kappa shape index (κ2) is 4.46. The van der Waals surface area contributed by atoms with Crippen LogP contribution in [0.4, 0.5) is 0 Å². The minimum Gasteiger partial charge on any atom is -0.506 e. The Hall–Kier alpha value is -0.770. The van der Waals surface area contributed by atoms with Crippen molar-refractivity contribution < 1.29 is 9.94 Å². The first-order valence-electron chi connectivity index (χ1n) is 3.95. The molecule has 72 valence electrons. The van der Waals surface area contributed by atoms with E-state index in [9.17, 15) is 0 Å². The minimum absolute atomic E-state index is 0.0892. The van der Waals surface area contributed by atoms with Crippen molar-refractivity contribution in [2.75, 3.05) is 6.61 Å². The molecule has 0 saturated heterocycles. The van der Waals surface area contributed by atoms with E-state index in [0.717, 1.165) is 5.56 Å². The molecule has 0 saturated carbocycles. The molecule has 0 aliphatic carbocycles. The van der Waals surface area contributed by atoms with Gasteiger partial charge < -0.3 is 9.94 Å². The van der Waals surface area contributed by atoms with E-state index in [2.05, 4.69) is 4.84 Å². The van der Waals surface area contributed by atoms with E-state index in [1.54, 1.807) is 18.2 Å². The van der Waals surface area contributed by atoms with Crippen LogP contribution in [0.3, 0.4) is 0 Å². The first-order valence-corrected chi connectivity index (χ1v) is 4.33. The van der Waals surface area contributed by atoms with Gasteiger partial charge in [-0.05, 0) is 17.7 Å². The summed E-state index contributed by atoms with van der Waals surface area (Å²) in [5, 5.41) is 9.52. The molecule has 0 aromatic heterocycles. The molecule has 0 bridgehead atoms. The van der Waals surface area contributed by atoms with Crippen LogP contribution in [0.2, 0.25) is 5.02 Å². The standard InChI is InChI=1S/C9H12ClNO2/c1-6(5-13-11)7-2-3-9(12)8(10)4-7/h2-4,6,12H,5,11H2,1H3. The third kappa shape index (κ3) is 2.59. The summed E-state index contributed by atoms with van der Waals surface area (Å²) < 4.78 is 0. The van der Waals surface area contributed by atoms with Crippen LogP contribution >= 0.6 is 11.6 Å². The Morgan fingerprint density at radius 3 is 2.85 bits per heavy atom. The summed E-state index contributed by atoms with van der Waals surface area (Å²) in [6.07, 6.45) is 0. The third-order valence-electron chi connectivity index (χ3n) is 1.89. The summed E-state index contributed by atoms with van der Waals surface area (Å²) in [4.78, 5) is 4.52. The van der Waals surface area contributed by atoms with Crippen molar-refractivity contribution in [2.45, 2.75) is 12.8 Å². The van der Waals surface area contributed by atoms with Gasteiger partial charge in [0.1, 0.15) is 5.75 Å². The Kier molecular flexibility index (Phi) is 3.54. The molecule has 0 aliphatic heterocycles. The Labute approximate surface area is 82.0 Å². The number of phenols is 1. The van der Waals surface area contributed by atoms with Gasteiger partial charge in [-0.2, -0.15) is 0 Å². The second-order valence-corrected chi connectivity index (χ2v) is 3.35. The molecule has 0 heterocycles. The molecule has 0 spiro atoms. The fraction of sp³-hybridized carbons (Fsp3) is 0.333. The molecule has 13 heavy (non-hydrogen) atoms. The summed E-state index contributed by atoms with van der Waals surface area (Å²) in [6.45, 7) is 2.40. The topological polar surface area (TPSA) is 55.5 Å². The molecule has 3 N–H and O–H groups in total. The largest absolute Gasteiger partial charge is 0.506 e. The van der Waals surface area contributed by atoms with Gasteiger partial charge in [0, 0.05) is 5.92 Å². The number of benzene rings is 1. The molecule has 0 radical (unpaired) electrons. The maximum atomic E-state index is 9.17. The van der Waals surface area contributed by atoms with Gasteiger partial charge in [-0.3, -0.25) is 0 Å². The van der Waals surface area contributed by atoms with Gasteiger partial charge in [0.25, 0.3) is 0 Å². The third-order valence-corrected chi connectivity index (χ3v) is 2.19. The molecule has 1 aromatic rings. The Morgan fingerprint density at radius 1 is 1.62 bits per heavy atom. The summed E-state index contributed by atoms with van der Waals surface area (Å²) in [7, 11) is 0. The Morgan fingerprint density at radius 2 is 2.31 bits per heavy atom. The molecule has 4 heteroatoms. The molecular formula is C9H12ClNO2. The fourth-order valence-electron chi connectivity index (χ4n) is 1.07. The van der Waals surface area contributed by atoms with Gasteiger partial charge in [0.15, 0.2) is 0 Å². The lowest BCUT2D eigenvalue weighted by molar-refractivity contribution is 0.126. The van der Waals surface area contributed by atoms with E-state index in [0.29, 0.717) is 11.6 Å². The molecule has 1 aromatic carbocycles. The second-order valence-electron chi connectivity index (χ2n) is 2.95. The lowest BCUT2D eigenvalue weighted by Gasteiger charge is -2.10. The van der Waals surface area contributed by atoms with E-state index in [1.807, 2.05) is 6.92 Å². The molecular weight excluding hydrogens is 190 g/mol. The van der Waals surface area contributed by atoms with E-state index in [-0.39, 0.29) is 11.7 Å². The number of hydrogen-bond donors (Lipinski definition) is 2. The highest BCUT2D eigenvalue weighted by molar-refractivity contribution is 6.32. The molecule has 3 nitrogen and oxygen atoms in total. The SMILES string of the molecule is CC(CON)c1ccc(O)c(Cl)c1. The van der Waals surface area contributed by atoms with Crippen LogP contribution < -0.4 is 5.90 Å². The van der Waals surface area contributed by atoms with Crippen molar-refractivity contribution in [3.63, 3.8) is 0 Å². The zero-order valence-electron chi connectivity index (χ0n) is 7.33. The number of halogens is 1. The predicted octanol–water partition coefficient (Wildman–Crippen LogP) is 2.04. The number of nitrogens with two attached hydrogens (primary N) is 1. The monoisotopic (exact) mass is 201 g/mol. The highest BCUT2D eigenvalue weighted by atomic mass is 35.5. The van der Waals surface area contributed by atoms with Crippen LogP contribution in [0.25, 0.3) is 0 Å². The van der Waals surface area contributed by atoms with Crippen molar-refractivity contribution >= 4 is 11.6 Å². The molecule has 0 aliphatic rings. The molecule has 1 rings (SSSR count). The summed E-state index contributed by atoms with van der Waals surface area (Å²) >= 11 is 5.74. The average Bonchev–Trinajstić information content (AvgIpc) is 2.10. The summed E-state index contributed by atoms with van der Waals surface area (Å²) in [5.74, 6) is 5.21. The van der Waals surface area contributed by atoms with Crippen LogP contribution in [-0.4, -0.2) is 11.7 Å². The van der Waals surface area contributed by atoms with Gasteiger partial charge in [-0.25, -0.2) is 5.90 Å². The normalized spacial score (nSPS) is 12.8. The Balaban J connectivity index is 2.84. The van der Waals surface area contributed by atoms with Gasteiger partial charge in [0.2, 0.25) is 0 Å². The number of aromatic hydroxyl groups is 1. The van der Waals surface area contributed by atoms with Crippen molar-refractivity contribution in [2.24, 2.45) is 5.90 Å². The number of phenolic OH excluding ortho intramolecular Hbond substituents is 1. The maximum Gasteiger partial charge on any atom is 0.134 e. The number of hydrogen-bond acceptors (Lipinski definition) is 3. The lowest BCUT2D eigenvalue weighted by Crippen LogP contribution is -2.08. The van der Waals surface area contributed by atoms with Crippen molar-refractivity contribution in [3.05, 3.63) is 28.8 Å². The quantitative estimate of drug-likeness (QED) is 0.736. The van der Waals surface area contributed by atoms with E-state index >= 15 is 0 Å². The summed E-state index contributed by atoms with van der Waals surface area (Å²) in [6, 6.07) is 5.07. The van der Waals surface area contributed by atoms with Gasteiger partial charge in [0.05, 0.1) is 11.6 Å². The molecule has 1 unspecified atom stereocenters. The van der Waals surface area contributed by atoms with Crippen LogP contribution in [0, 0.1) is 0 Å². The molecule has 0 fully saturated rings. The minimum atomic E-state index is 0.0892. The zero-order valence-corrected chi connectivity index (χ0v) is 8.08. The highest BCUT2D eigenvalue weighted by Crippen LogP contribution is 2.27. The highest BCUT2D eigenvalue weighted by Gasteiger charge is 2.07. The fourth-order valence-corrected chi connectivity index (χ4v) is 1.26. The van der Waals surface area contributed by atoms with E-state index in [1.165, 1.54) is 0 Å². The van der Waals surface area contributed by atoms with Crippen molar-refractivity contribution in [3.8, 4) is 5.75 Å². The zero-order chi connectivity index (χ0) is 9.84. The van der Waals surface area contributed by atoms with Crippen LogP contribution in [0.1, 0.15) is 18.4 Å². The Bertz CT molecular complexity index is 291. The number of rotatable bonds is 3. The molecule has 0 amide bonds. The van der Waals surface area contributed by atoms with E-state index in [4.69, 9.17) is 22.6 Å². The molecule has 1 atom stereocenters. The van der Waals surface area contributed by atoms with Crippen LogP contribution in [0.15, 0.2) is 18.2 Å². The van der Waals surface area contributed by atoms with Crippen LogP contribution in [-0.2, 0) is 4.84 Å². The van der Waals surface area contributed by atoms with Gasteiger partial charge in [-0.1, -0.05) is 24.6 Å². The smallest absolute Gasteiger partial charge is 0.134 e.